The average molecular weight is 169 g/mol. The van der Waals surface area contributed by atoms with Crippen molar-refractivity contribution in [2.24, 2.45) is 0 Å². The summed E-state index contributed by atoms with van der Waals surface area (Å²) in [6, 6.07) is 0. The molecule has 0 saturated carbocycles. The molecule has 0 aliphatic rings. The number of hydrogen-bond acceptors (Lipinski definition) is 0. The van der Waals surface area contributed by atoms with Gasteiger partial charge in [-0.1, -0.05) is 0 Å². The molecule has 0 heterocycles. The van der Waals surface area contributed by atoms with Crippen molar-refractivity contribution >= 4 is 0 Å². The Balaban J connectivity index is 3.13. The van der Waals surface area contributed by atoms with Gasteiger partial charge in [0.25, 0.3) is 0 Å². The van der Waals surface area contributed by atoms with Crippen LogP contribution < -0.4 is 0 Å². The first kappa shape index (κ1) is 8.99. The van der Waals surface area contributed by atoms with Crippen LogP contribution in [-0.4, -0.2) is 0 Å². The molecule has 0 N–H and O–H groups in total. The summed E-state index contributed by atoms with van der Waals surface area (Å²) in [5.74, 6) is 2.11. The molecule has 0 saturated heterocycles. The summed E-state index contributed by atoms with van der Waals surface area (Å²) in [5, 5.41) is 2.13. The molecule has 0 fully saturated rings. The van der Waals surface area contributed by atoms with Crippen molar-refractivity contribution < 1.29 is 14.7 Å². The third-order valence-corrected chi connectivity index (χ3v) is 1.43. The van der Waals surface area contributed by atoms with E-state index in [1.165, 1.54) is 27.5 Å². The van der Waals surface area contributed by atoms with Crippen LogP contribution in [0.15, 0.2) is 23.2 Å². The second-order valence-electron chi connectivity index (χ2n) is 1.71. The van der Waals surface area contributed by atoms with E-state index in [1.54, 1.807) is 0 Å². The summed E-state index contributed by atoms with van der Waals surface area (Å²) in [6.07, 6.45) is 8.84. The summed E-state index contributed by atoms with van der Waals surface area (Å²) in [5.41, 5.74) is 0. The molecule has 9 heavy (non-hydrogen) atoms. The van der Waals surface area contributed by atoms with Gasteiger partial charge < -0.3 is 0 Å². The van der Waals surface area contributed by atoms with Gasteiger partial charge in [0, 0.05) is 0 Å². The van der Waals surface area contributed by atoms with E-state index in [4.69, 9.17) is 0 Å². The Kier molecular flexibility index (Phi) is 7.97. The van der Waals surface area contributed by atoms with E-state index in [0.29, 0.717) is 0 Å². The Morgan fingerprint density at radius 1 is 1.33 bits per heavy atom. The molecule has 0 amide bonds. The van der Waals surface area contributed by atoms with Crippen LogP contribution in [0.5, 0.6) is 0 Å². The molecule has 0 aromatic rings. The van der Waals surface area contributed by atoms with Crippen molar-refractivity contribution in [2.75, 3.05) is 0 Å². The zero-order valence-corrected chi connectivity index (χ0v) is 7.10. The summed E-state index contributed by atoms with van der Waals surface area (Å²) in [4.78, 5) is 0. The average Bonchev–Trinajstić information content (AvgIpc) is 1.89. The van der Waals surface area contributed by atoms with E-state index in [-0.39, 0.29) is 0 Å². The van der Waals surface area contributed by atoms with Gasteiger partial charge in [0.05, 0.1) is 0 Å². The first-order valence-corrected chi connectivity index (χ1v) is 4.78. The van der Waals surface area contributed by atoms with Crippen LogP contribution in [0.1, 0.15) is 19.8 Å². The van der Waals surface area contributed by atoms with E-state index in [9.17, 15) is 0 Å². The predicted molar refractivity (Wildman–Crippen MR) is 39.1 cm³/mol. The second kappa shape index (κ2) is 7.99. The molecule has 0 spiro atoms. The molecule has 0 aliphatic heterocycles. The molecule has 0 atom stereocenters. The fraction of sp³-hybridized carbons (Fsp3) is 0.500. The van der Waals surface area contributed by atoms with Gasteiger partial charge in [-0.2, -0.15) is 0 Å². The SMILES string of the molecule is CCC/C=C/C=[CH]/[Co][CH3]. The Hall–Kier alpha value is -0.0135. The maximum absolute atomic E-state index is 2.20. The van der Waals surface area contributed by atoms with Crippen molar-refractivity contribution in [3.63, 3.8) is 0 Å². The minimum atomic E-state index is 1.20. The molecule has 55 valence electrons. The van der Waals surface area contributed by atoms with Crippen LogP contribution in [0.25, 0.3) is 0 Å². The quantitative estimate of drug-likeness (QED) is 0.567. The summed E-state index contributed by atoms with van der Waals surface area (Å²) in [7, 11) is 0. The van der Waals surface area contributed by atoms with Crippen molar-refractivity contribution in [3.05, 3.63) is 23.2 Å². The van der Waals surface area contributed by atoms with Crippen LogP contribution in [-0.2, 0) is 14.7 Å². The number of allylic oxidation sites excluding steroid dienone is 3. The standard InChI is InChI=1S/C7H11.CH3.Co/c1-3-5-7-6-4-2;;/h1,3,5,7H,4,6H2,2H3;1H3;/b3-1?,7-5+;;. The first-order valence-electron chi connectivity index (χ1n) is 3.14. The van der Waals surface area contributed by atoms with Gasteiger partial charge in [-0.3, -0.25) is 0 Å². The molecule has 0 aliphatic carbocycles. The zero-order valence-electron chi connectivity index (χ0n) is 6.06. The molecule has 1 heteroatoms. The van der Waals surface area contributed by atoms with Gasteiger partial charge in [0.1, 0.15) is 0 Å². The van der Waals surface area contributed by atoms with Gasteiger partial charge in [-0.25, -0.2) is 0 Å². The Bertz CT molecular complexity index is 92.7. The molecular formula is C8H14Co. The molecule has 0 bridgehead atoms. The normalized spacial score (nSPS) is 12.2. The van der Waals surface area contributed by atoms with Crippen LogP contribution in [0.2, 0.25) is 5.86 Å². The van der Waals surface area contributed by atoms with E-state index in [2.05, 4.69) is 36.0 Å². The van der Waals surface area contributed by atoms with E-state index in [0.717, 1.165) is 0 Å². The summed E-state index contributed by atoms with van der Waals surface area (Å²) in [6.45, 7) is 2.19. The maximum atomic E-state index is 2.20. The third-order valence-electron chi connectivity index (χ3n) is 0.878. The number of hydrogen-bond donors (Lipinski definition) is 0. The number of unbranched alkanes of at least 4 members (excludes halogenated alkanes) is 1. The summed E-state index contributed by atoms with van der Waals surface area (Å²) < 4.78 is 0. The predicted octanol–water partition coefficient (Wildman–Crippen LogP) is 2.99. The monoisotopic (exact) mass is 169 g/mol. The molecule has 0 nitrogen and oxygen atoms in total. The van der Waals surface area contributed by atoms with Crippen molar-refractivity contribution in [1.82, 2.24) is 0 Å². The van der Waals surface area contributed by atoms with Crippen LogP contribution in [0.3, 0.4) is 0 Å². The van der Waals surface area contributed by atoms with Crippen LogP contribution in [0.4, 0.5) is 0 Å². The number of rotatable bonds is 4. The zero-order chi connectivity index (χ0) is 6.95. The van der Waals surface area contributed by atoms with E-state index in [1.807, 2.05) is 0 Å². The Labute approximate surface area is 64.0 Å². The topological polar surface area (TPSA) is 0 Å². The van der Waals surface area contributed by atoms with Crippen molar-refractivity contribution in [1.29, 1.82) is 0 Å². The van der Waals surface area contributed by atoms with Crippen molar-refractivity contribution in [2.45, 2.75) is 25.6 Å². The third kappa shape index (κ3) is 7.99. The molecule has 0 aromatic heterocycles. The molecule has 0 unspecified atom stereocenters. The van der Waals surface area contributed by atoms with Gasteiger partial charge in [0.15, 0.2) is 0 Å². The van der Waals surface area contributed by atoms with Crippen molar-refractivity contribution in [3.8, 4) is 0 Å². The van der Waals surface area contributed by atoms with Gasteiger partial charge in [0.2, 0.25) is 0 Å². The van der Waals surface area contributed by atoms with Gasteiger partial charge in [-0.15, -0.1) is 0 Å². The molecule has 0 radical (unpaired) electrons. The van der Waals surface area contributed by atoms with Gasteiger partial charge >= 0.3 is 63.6 Å². The Morgan fingerprint density at radius 3 is 2.67 bits per heavy atom. The van der Waals surface area contributed by atoms with Gasteiger partial charge in [-0.05, 0) is 0 Å². The van der Waals surface area contributed by atoms with E-state index < -0.39 is 0 Å². The fourth-order valence-corrected chi connectivity index (χ4v) is 0.759. The van der Waals surface area contributed by atoms with E-state index >= 15 is 0 Å². The van der Waals surface area contributed by atoms with Crippen LogP contribution >= 0.6 is 0 Å². The Morgan fingerprint density at radius 2 is 2.11 bits per heavy atom. The van der Waals surface area contributed by atoms with Crippen LogP contribution in [0, 0.1) is 0 Å². The molecular weight excluding hydrogens is 155 g/mol. The minimum absolute atomic E-state index is 1.20. The molecule has 0 rings (SSSR count). The first-order chi connectivity index (χ1) is 4.41. The molecule has 0 aromatic carbocycles. The second-order valence-corrected chi connectivity index (χ2v) is 2.66. The summed E-state index contributed by atoms with van der Waals surface area (Å²) >= 11 is 1.36. The fourth-order valence-electron chi connectivity index (χ4n) is 0.443.